The zero-order chi connectivity index (χ0) is 14.3. The Kier molecular flexibility index (Phi) is 6.11. The number of benzene rings is 1. The summed E-state index contributed by atoms with van der Waals surface area (Å²) in [4.78, 5) is 13.5. The molecular formula is C13H20N2O4. The number of nitrogen functional groups attached to an aromatic ring is 1. The molecule has 6 heteroatoms. The summed E-state index contributed by atoms with van der Waals surface area (Å²) in [5.74, 6) is -0.477. The van der Waals surface area contributed by atoms with E-state index < -0.39 is 5.97 Å². The predicted octanol–water partition coefficient (Wildman–Crippen LogP) is 0.500. The average Bonchev–Trinajstić information content (AvgIpc) is 2.43. The van der Waals surface area contributed by atoms with Crippen LogP contribution in [0.1, 0.15) is 10.4 Å². The van der Waals surface area contributed by atoms with Gasteiger partial charge in [0, 0.05) is 31.6 Å². The predicted molar refractivity (Wildman–Crippen MR) is 73.4 cm³/mol. The zero-order valence-electron chi connectivity index (χ0n) is 11.3. The monoisotopic (exact) mass is 268 g/mol. The van der Waals surface area contributed by atoms with Gasteiger partial charge in [-0.05, 0) is 18.2 Å². The Bertz CT molecular complexity index is 423. The maximum absolute atomic E-state index is 11.6. The lowest BCUT2D eigenvalue weighted by molar-refractivity contribution is 0.0602. The van der Waals surface area contributed by atoms with Crippen LogP contribution in [0.2, 0.25) is 0 Å². The fourth-order valence-electron chi connectivity index (χ4n) is 1.72. The number of nitrogens with zero attached hydrogens (tertiary/aromatic N) is 1. The minimum Gasteiger partial charge on any atom is -0.465 e. The lowest BCUT2D eigenvalue weighted by atomic mass is 10.1. The summed E-state index contributed by atoms with van der Waals surface area (Å²) >= 11 is 0. The molecule has 3 N–H and O–H groups in total. The molecule has 0 aliphatic carbocycles. The summed E-state index contributed by atoms with van der Waals surface area (Å²) in [5, 5.41) is 9.08. The van der Waals surface area contributed by atoms with E-state index >= 15 is 0 Å². The van der Waals surface area contributed by atoms with Gasteiger partial charge in [-0.1, -0.05) is 0 Å². The molecule has 19 heavy (non-hydrogen) atoms. The van der Waals surface area contributed by atoms with Gasteiger partial charge in [0.25, 0.3) is 0 Å². The molecule has 0 saturated heterocycles. The van der Waals surface area contributed by atoms with Gasteiger partial charge in [-0.2, -0.15) is 0 Å². The van der Waals surface area contributed by atoms with E-state index in [9.17, 15) is 4.79 Å². The number of nitrogens with two attached hydrogens (primary N) is 1. The number of aliphatic hydroxyl groups excluding tert-OH is 1. The van der Waals surface area contributed by atoms with E-state index in [-0.39, 0.29) is 6.61 Å². The highest BCUT2D eigenvalue weighted by atomic mass is 16.5. The SMILES string of the molecule is COCCN(CCO)c1ccc(N)c(C(=O)OC)c1. The second-order valence-corrected chi connectivity index (χ2v) is 3.97. The smallest absolute Gasteiger partial charge is 0.340 e. The van der Waals surface area contributed by atoms with Gasteiger partial charge in [-0.3, -0.25) is 0 Å². The van der Waals surface area contributed by atoms with Crippen LogP contribution in [0.25, 0.3) is 0 Å². The Morgan fingerprint density at radius 1 is 1.37 bits per heavy atom. The lowest BCUT2D eigenvalue weighted by Crippen LogP contribution is -2.30. The van der Waals surface area contributed by atoms with Crippen LogP contribution in [0.4, 0.5) is 11.4 Å². The standard InChI is InChI=1S/C13H20N2O4/c1-18-8-6-15(5-7-16)10-3-4-12(14)11(9-10)13(17)19-2/h3-4,9,16H,5-8,14H2,1-2H3. The van der Waals surface area contributed by atoms with Crippen LogP contribution >= 0.6 is 0 Å². The molecule has 0 unspecified atom stereocenters. The normalized spacial score (nSPS) is 10.3. The molecule has 0 bridgehead atoms. The number of carbonyl (C=O) groups is 1. The quantitative estimate of drug-likeness (QED) is 0.553. The van der Waals surface area contributed by atoms with E-state index in [1.807, 2.05) is 4.90 Å². The first kappa shape index (κ1) is 15.3. The first-order valence-corrected chi connectivity index (χ1v) is 5.96. The van der Waals surface area contributed by atoms with Crippen LogP contribution in [0, 0.1) is 0 Å². The van der Waals surface area contributed by atoms with Crippen molar-refractivity contribution in [2.24, 2.45) is 0 Å². The van der Waals surface area contributed by atoms with Crippen molar-refractivity contribution in [2.75, 3.05) is 51.2 Å². The van der Waals surface area contributed by atoms with Crippen molar-refractivity contribution in [1.82, 2.24) is 0 Å². The maximum atomic E-state index is 11.6. The van der Waals surface area contributed by atoms with Crippen LogP contribution in [0.5, 0.6) is 0 Å². The number of carbonyl (C=O) groups excluding carboxylic acids is 1. The van der Waals surface area contributed by atoms with Gasteiger partial charge in [0.05, 0.1) is 25.9 Å². The molecule has 0 aliphatic rings. The summed E-state index contributed by atoms with van der Waals surface area (Å²) in [7, 11) is 2.92. The highest BCUT2D eigenvalue weighted by Crippen LogP contribution is 2.21. The van der Waals surface area contributed by atoms with E-state index in [1.165, 1.54) is 7.11 Å². The summed E-state index contributed by atoms with van der Waals surface area (Å²) in [5.41, 5.74) is 7.23. The van der Waals surface area contributed by atoms with Crippen molar-refractivity contribution in [1.29, 1.82) is 0 Å². The van der Waals surface area contributed by atoms with Gasteiger partial charge < -0.3 is 25.2 Å². The van der Waals surface area contributed by atoms with E-state index in [1.54, 1.807) is 25.3 Å². The topological polar surface area (TPSA) is 85.0 Å². The molecular weight excluding hydrogens is 248 g/mol. The molecule has 0 fully saturated rings. The minimum atomic E-state index is -0.477. The van der Waals surface area contributed by atoms with E-state index in [2.05, 4.69) is 4.74 Å². The van der Waals surface area contributed by atoms with Gasteiger partial charge in [0.1, 0.15) is 0 Å². The van der Waals surface area contributed by atoms with Crippen molar-refractivity contribution in [3.8, 4) is 0 Å². The molecule has 0 radical (unpaired) electrons. The number of esters is 1. The summed E-state index contributed by atoms with van der Waals surface area (Å²) < 4.78 is 9.70. The first-order valence-electron chi connectivity index (χ1n) is 5.96. The number of anilines is 2. The largest absolute Gasteiger partial charge is 0.465 e. The van der Waals surface area contributed by atoms with Gasteiger partial charge in [-0.15, -0.1) is 0 Å². The molecule has 6 nitrogen and oxygen atoms in total. The number of rotatable bonds is 7. The Balaban J connectivity index is 2.99. The van der Waals surface area contributed by atoms with Crippen LogP contribution in [-0.2, 0) is 9.47 Å². The number of methoxy groups -OCH3 is 2. The zero-order valence-corrected chi connectivity index (χ0v) is 11.3. The van der Waals surface area contributed by atoms with Crippen molar-refractivity contribution in [3.05, 3.63) is 23.8 Å². The number of hydrogen-bond donors (Lipinski definition) is 2. The van der Waals surface area contributed by atoms with Gasteiger partial charge in [-0.25, -0.2) is 4.79 Å². The Labute approximate surface area is 112 Å². The third-order valence-electron chi connectivity index (χ3n) is 2.74. The number of hydrogen-bond acceptors (Lipinski definition) is 6. The fraction of sp³-hybridized carbons (Fsp3) is 0.462. The van der Waals surface area contributed by atoms with Crippen molar-refractivity contribution >= 4 is 17.3 Å². The van der Waals surface area contributed by atoms with E-state index in [0.717, 1.165) is 5.69 Å². The average molecular weight is 268 g/mol. The second kappa shape index (κ2) is 7.60. The Morgan fingerprint density at radius 2 is 2.11 bits per heavy atom. The van der Waals surface area contributed by atoms with E-state index in [4.69, 9.17) is 15.6 Å². The Morgan fingerprint density at radius 3 is 2.68 bits per heavy atom. The second-order valence-electron chi connectivity index (χ2n) is 3.97. The summed E-state index contributed by atoms with van der Waals surface area (Å²) in [6.07, 6.45) is 0. The van der Waals surface area contributed by atoms with Crippen molar-refractivity contribution in [2.45, 2.75) is 0 Å². The Hall–Kier alpha value is -1.79. The van der Waals surface area contributed by atoms with Crippen molar-refractivity contribution < 1.29 is 19.4 Å². The van der Waals surface area contributed by atoms with Crippen molar-refractivity contribution in [3.63, 3.8) is 0 Å². The molecule has 1 aromatic carbocycles. The number of aliphatic hydroxyl groups is 1. The molecule has 1 rings (SSSR count). The molecule has 0 saturated carbocycles. The van der Waals surface area contributed by atoms with Crippen LogP contribution in [0.3, 0.4) is 0 Å². The highest BCUT2D eigenvalue weighted by Gasteiger charge is 2.13. The summed E-state index contributed by atoms with van der Waals surface area (Å²) in [6, 6.07) is 5.11. The fourth-order valence-corrected chi connectivity index (χ4v) is 1.72. The highest BCUT2D eigenvalue weighted by molar-refractivity contribution is 5.96. The van der Waals surface area contributed by atoms with Gasteiger partial charge >= 0.3 is 5.97 Å². The minimum absolute atomic E-state index is 0.0155. The first-order chi connectivity index (χ1) is 9.13. The lowest BCUT2D eigenvalue weighted by Gasteiger charge is -2.24. The van der Waals surface area contributed by atoms with Crippen LogP contribution in [-0.4, -0.2) is 51.6 Å². The third kappa shape index (κ3) is 4.11. The van der Waals surface area contributed by atoms with E-state index in [0.29, 0.717) is 30.9 Å². The van der Waals surface area contributed by atoms with Gasteiger partial charge in [0.15, 0.2) is 0 Å². The maximum Gasteiger partial charge on any atom is 0.340 e. The molecule has 0 amide bonds. The third-order valence-corrected chi connectivity index (χ3v) is 2.74. The van der Waals surface area contributed by atoms with Crippen LogP contribution in [0.15, 0.2) is 18.2 Å². The molecule has 0 spiro atoms. The molecule has 0 aliphatic heterocycles. The molecule has 0 heterocycles. The van der Waals surface area contributed by atoms with Gasteiger partial charge in [0.2, 0.25) is 0 Å². The molecule has 106 valence electrons. The molecule has 0 atom stereocenters. The summed E-state index contributed by atoms with van der Waals surface area (Å²) in [6.45, 7) is 1.61. The molecule has 1 aromatic rings. The number of ether oxygens (including phenoxy) is 2. The van der Waals surface area contributed by atoms with Crippen LogP contribution < -0.4 is 10.6 Å². The molecule has 0 aromatic heterocycles.